The van der Waals surface area contributed by atoms with Crippen LogP contribution < -0.4 is 0 Å². The minimum atomic E-state index is 0.650. The largest absolute Gasteiger partial charge is 0.456 e. The van der Waals surface area contributed by atoms with Crippen molar-refractivity contribution in [2.75, 3.05) is 0 Å². The molecule has 11 aromatic rings. The van der Waals surface area contributed by atoms with Crippen LogP contribution in [-0.2, 0) is 0 Å². The van der Waals surface area contributed by atoms with Crippen LogP contribution in [-0.4, -0.2) is 9.97 Å². The fourth-order valence-corrected chi connectivity index (χ4v) is 7.98. The molecule has 0 aliphatic heterocycles. The van der Waals surface area contributed by atoms with Crippen molar-refractivity contribution < 1.29 is 8.83 Å². The number of benzene rings is 8. The van der Waals surface area contributed by atoms with Gasteiger partial charge in [0.15, 0.2) is 5.82 Å². The predicted molar refractivity (Wildman–Crippen MR) is 229 cm³/mol. The average molecular weight is 717 g/mol. The molecule has 3 aromatic heterocycles. The number of hydrogen-bond donors (Lipinski definition) is 0. The lowest BCUT2D eigenvalue weighted by Gasteiger charge is -2.14. The van der Waals surface area contributed by atoms with E-state index in [0.717, 1.165) is 105 Å². The molecule has 4 nitrogen and oxygen atoms in total. The van der Waals surface area contributed by atoms with Gasteiger partial charge in [0.2, 0.25) is 0 Å². The zero-order valence-electron chi connectivity index (χ0n) is 30.2. The molecule has 0 bridgehead atoms. The normalized spacial score (nSPS) is 11.6. The molecule has 262 valence electrons. The van der Waals surface area contributed by atoms with Crippen molar-refractivity contribution in [3.05, 3.63) is 194 Å². The molecule has 0 saturated heterocycles. The van der Waals surface area contributed by atoms with Crippen molar-refractivity contribution in [2.24, 2.45) is 0 Å². The molecule has 0 aliphatic rings. The molecule has 0 fully saturated rings. The van der Waals surface area contributed by atoms with Crippen LogP contribution in [0, 0.1) is 0 Å². The monoisotopic (exact) mass is 716 g/mol. The molecule has 3 heterocycles. The molecule has 0 saturated carbocycles. The SMILES string of the molecule is c1ccc(-c2cc(-c3ccccc3)cc(-c3nc(-c4ccccc4)cc(-c4ccc(-c5ccc6c(c5)oc5ccccc56)c5oc6ccccc6c45)n3)c2)cc1. The summed E-state index contributed by atoms with van der Waals surface area (Å²) in [7, 11) is 0. The first-order valence-electron chi connectivity index (χ1n) is 18.8. The van der Waals surface area contributed by atoms with Crippen molar-refractivity contribution in [1.29, 1.82) is 0 Å². The molecule has 0 atom stereocenters. The van der Waals surface area contributed by atoms with Gasteiger partial charge in [-0.3, -0.25) is 0 Å². The lowest BCUT2D eigenvalue weighted by molar-refractivity contribution is 0.668. The van der Waals surface area contributed by atoms with Crippen LogP contribution in [0.25, 0.3) is 111 Å². The van der Waals surface area contributed by atoms with Gasteiger partial charge in [-0.05, 0) is 82.4 Å². The summed E-state index contributed by atoms with van der Waals surface area (Å²) in [4.78, 5) is 10.7. The van der Waals surface area contributed by atoms with Crippen LogP contribution in [0.5, 0.6) is 0 Å². The topological polar surface area (TPSA) is 52.1 Å². The molecule has 8 aromatic carbocycles. The van der Waals surface area contributed by atoms with E-state index in [9.17, 15) is 0 Å². The summed E-state index contributed by atoms with van der Waals surface area (Å²) < 4.78 is 13.1. The highest BCUT2D eigenvalue weighted by atomic mass is 16.3. The number of para-hydroxylation sites is 2. The number of hydrogen-bond acceptors (Lipinski definition) is 4. The third-order valence-electron chi connectivity index (χ3n) is 10.7. The van der Waals surface area contributed by atoms with Gasteiger partial charge in [-0.25, -0.2) is 9.97 Å². The van der Waals surface area contributed by atoms with E-state index in [1.54, 1.807) is 0 Å². The maximum atomic E-state index is 6.76. The molecule has 0 aliphatic carbocycles. The minimum absolute atomic E-state index is 0.650. The van der Waals surface area contributed by atoms with E-state index in [2.05, 4.69) is 146 Å². The second-order valence-electron chi connectivity index (χ2n) is 14.1. The highest BCUT2D eigenvalue weighted by Crippen LogP contribution is 2.43. The Morgan fingerprint density at radius 2 is 0.839 bits per heavy atom. The molecule has 0 N–H and O–H groups in total. The Hall–Kier alpha value is -7.56. The van der Waals surface area contributed by atoms with Gasteiger partial charge in [0, 0.05) is 43.8 Å². The molecule has 0 amide bonds. The van der Waals surface area contributed by atoms with Crippen LogP contribution in [0.4, 0.5) is 0 Å². The van der Waals surface area contributed by atoms with Crippen molar-refractivity contribution >= 4 is 43.9 Å². The number of fused-ring (bicyclic) bond motifs is 6. The van der Waals surface area contributed by atoms with Crippen molar-refractivity contribution in [3.8, 4) is 67.3 Å². The Labute approximate surface area is 323 Å². The Bertz CT molecular complexity index is 3180. The van der Waals surface area contributed by atoms with Gasteiger partial charge >= 0.3 is 0 Å². The van der Waals surface area contributed by atoms with Crippen LogP contribution in [0.15, 0.2) is 203 Å². The smallest absolute Gasteiger partial charge is 0.160 e. The Kier molecular flexibility index (Phi) is 7.46. The first kappa shape index (κ1) is 31.9. The maximum absolute atomic E-state index is 6.76. The Balaban J connectivity index is 1.15. The number of nitrogens with zero attached hydrogens (tertiary/aromatic N) is 2. The second-order valence-corrected chi connectivity index (χ2v) is 14.1. The van der Waals surface area contributed by atoms with Gasteiger partial charge in [-0.1, -0.05) is 140 Å². The molecule has 0 radical (unpaired) electrons. The van der Waals surface area contributed by atoms with Gasteiger partial charge in [0.1, 0.15) is 22.3 Å². The predicted octanol–water partition coefficient (Wildman–Crippen LogP) is 14.3. The van der Waals surface area contributed by atoms with Crippen molar-refractivity contribution in [2.45, 2.75) is 0 Å². The van der Waals surface area contributed by atoms with E-state index in [1.807, 2.05) is 48.5 Å². The lowest BCUT2D eigenvalue weighted by atomic mass is 9.94. The van der Waals surface area contributed by atoms with Crippen LogP contribution in [0.2, 0.25) is 0 Å². The molecule has 11 rings (SSSR count). The van der Waals surface area contributed by atoms with Crippen LogP contribution in [0.1, 0.15) is 0 Å². The van der Waals surface area contributed by atoms with Gasteiger partial charge in [-0.2, -0.15) is 0 Å². The zero-order valence-corrected chi connectivity index (χ0v) is 30.2. The quantitative estimate of drug-likeness (QED) is 0.172. The molecule has 0 unspecified atom stereocenters. The summed E-state index contributed by atoms with van der Waals surface area (Å²) in [5.41, 5.74) is 14.4. The second kappa shape index (κ2) is 13.1. The van der Waals surface area contributed by atoms with E-state index in [0.29, 0.717) is 5.82 Å². The summed E-state index contributed by atoms with van der Waals surface area (Å²) in [6.07, 6.45) is 0. The van der Waals surface area contributed by atoms with Gasteiger partial charge in [0.25, 0.3) is 0 Å². The van der Waals surface area contributed by atoms with Crippen molar-refractivity contribution in [1.82, 2.24) is 9.97 Å². The standard InChI is InChI=1S/C52H32N2O2/c1-4-14-33(15-5-1)37-28-38(34-16-6-2-7-17-34)30-39(29-37)52-53-45(35-18-8-3-9-19-35)32-46(54-52)43-27-26-40(51-50(43)44-21-11-13-23-48(44)56-51)36-24-25-42-41-20-10-12-22-47(41)55-49(42)31-36/h1-32H. The zero-order chi connectivity index (χ0) is 37.0. The summed E-state index contributed by atoms with van der Waals surface area (Å²) in [5, 5.41) is 4.24. The van der Waals surface area contributed by atoms with Gasteiger partial charge in [0.05, 0.1) is 11.4 Å². The fourth-order valence-electron chi connectivity index (χ4n) is 7.98. The summed E-state index contributed by atoms with van der Waals surface area (Å²) in [5.74, 6) is 0.650. The third kappa shape index (κ3) is 5.47. The van der Waals surface area contributed by atoms with Crippen LogP contribution in [0.3, 0.4) is 0 Å². The highest BCUT2D eigenvalue weighted by molar-refractivity contribution is 6.16. The number of aromatic nitrogens is 2. The molecule has 4 heteroatoms. The molecular formula is C52H32N2O2. The Morgan fingerprint density at radius 1 is 0.304 bits per heavy atom. The molecule has 0 spiro atoms. The first-order valence-corrected chi connectivity index (χ1v) is 18.8. The van der Waals surface area contributed by atoms with E-state index < -0.39 is 0 Å². The first-order chi connectivity index (χ1) is 27.7. The lowest BCUT2D eigenvalue weighted by Crippen LogP contribution is -1.97. The molecular weight excluding hydrogens is 685 g/mol. The summed E-state index contributed by atoms with van der Waals surface area (Å²) in [6, 6.07) is 67.3. The van der Waals surface area contributed by atoms with E-state index in [1.165, 1.54) is 0 Å². The third-order valence-corrected chi connectivity index (χ3v) is 10.7. The minimum Gasteiger partial charge on any atom is -0.456 e. The molecule has 56 heavy (non-hydrogen) atoms. The van der Waals surface area contributed by atoms with Gasteiger partial charge < -0.3 is 8.83 Å². The van der Waals surface area contributed by atoms with Crippen LogP contribution >= 0.6 is 0 Å². The van der Waals surface area contributed by atoms with E-state index in [4.69, 9.17) is 18.8 Å². The average Bonchev–Trinajstić information content (AvgIpc) is 3.85. The Morgan fingerprint density at radius 3 is 1.54 bits per heavy atom. The fraction of sp³-hybridized carbons (Fsp3) is 0. The number of rotatable bonds is 6. The van der Waals surface area contributed by atoms with Gasteiger partial charge in [-0.15, -0.1) is 0 Å². The summed E-state index contributed by atoms with van der Waals surface area (Å²) in [6.45, 7) is 0. The van der Waals surface area contributed by atoms with E-state index in [-0.39, 0.29) is 0 Å². The highest BCUT2D eigenvalue weighted by Gasteiger charge is 2.21. The summed E-state index contributed by atoms with van der Waals surface area (Å²) >= 11 is 0. The van der Waals surface area contributed by atoms with E-state index >= 15 is 0 Å². The number of furan rings is 2. The van der Waals surface area contributed by atoms with Crippen molar-refractivity contribution in [3.63, 3.8) is 0 Å². The maximum Gasteiger partial charge on any atom is 0.160 e.